The van der Waals surface area contributed by atoms with Crippen LogP contribution in [0.3, 0.4) is 0 Å². The summed E-state index contributed by atoms with van der Waals surface area (Å²) >= 11 is 0. The Bertz CT molecular complexity index is 1370. The fourth-order valence-electron chi connectivity index (χ4n) is 6.57. The summed E-state index contributed by atoms with van der Waals surface area (Å²) in [5.74, 6) is 17.3. The summed E-state index contributed by atoms with van der Waals surface area (Å²) in [5.41, 5.74) is 16.4. The van der Waals surface area contributed by atoms with Gasteiger partial charge in [-0.25, -0.2) is 0 Å². The molecule has 0 aliphatic carbocycles. The van der Waals surface area contributed by atoms with Gasteiger partial charge in [0.15, 0.2) is 0 Å². The van der Waals surface area contributed by atoms with Crippen molar-refractivity contribution in [3.63, 3.8) is 0 Å². The molecule has 0 saturated heterocycles. The van der Waals surface area contributed by atoms with Crippen molar-refractivity contribution >= 4 is 29.9 Å². The molecule has 3 nitrogen and oxygen atoms in total. The van der Waals surface area contributed by atoms with Gasteiger partial charge in [0.05, 0.1) is 16.1 Å². The van der Waals surface area contributed by atoms with Crippen LogP contribution in [0.2, 0.25) is 52.9 Å². The molecule has 1 aromatic rings. The Hall–Kier alpha value is -2.75. The van der Waals surface area contributed by atoms with E-state index in [2.05, 4.69) is 149 Å². The monoisotopic (exact) mass is 629 g/mol. The molecule has 0 N–H and O–H groups in total. The zero-order valence-corrected chi connectivity index (χ0v) is 32.5. The maximum absolute atomic E-state index is 11.2. The van der Waals surface area contributed by atoms with E-state index in [0.717, 1.165) is 5.57 Å². The van der Waals surface area contributed by atoms with Crippen molar-refractivity contribution in [1.29, 1.82) is 0 Å². The smallest absolute Gasteiger partial charge is 0.258 e. The first kappa shape index (κ1) is 38.3. The lowest BCUT2D eigenvalue weighted by molar-refractivity contribution is -0.384. The predicted molar refractivity (Wildman–Crippen MR) is 196 cm³/mol. The van der Waals surface area contributed by atoms with E-state index in [1.54, 1.807) is 12.1 Å². The van der Waals surface area contributed by atoms with Gasteiger partial charge in [0, 0.05) is 17.7 Å². The fraction of sp³-hybridized carbons (Fsp3) is 0.568. The van der Waals surface area contributed by atoms with Crippen LogP contribution in [0.4, 0.5) is 5.69 Å². The van der Waals surface area contributed by atoms with E-state index >= 15 is 0 Å². The number of rotatable bonds is 7. The normalized spacial score (nSPS) is 12.7. The molecule has 0 radical (unpaired) electrons. The van der Waals surface area contributed by atoms with Gasteiger partial charge < -0.3 is 0 Å². The van der Waals surface area contributed by atoms with Gasteiger partial charge >= 0.3 is 0 Å². The molecule has 0 aliphatic rings. The molecule has 0 spiro atoms. The summed E-state index contributed by atoms with van der Waals surface area (Å²) in [6.45, 7) is 34.5. The van der Waals surface area contributed by atoms with Crippen LogP contribution in [0.1, 0.15) is 88.6 Å². The molecule has 0 amide bonds. The standard InChI is InChI=1S/C37H55NO2Si3/c1-28(2)42(29(3)4,30(5)6)26-23-35(19-16-34-17-20-37(21-18-34)38(39)40)36(22-25-41(13,14)15)24-27-43(31(7)8,32(9)10)33(11)12/h17-18,20-21,28-33H,1-15H3/b36-35+. The van der Waals surface area contributed by atoms with E-state index in [9.17, 15) is 10.1 Å². The third-order valence-corrected chi connectivity index (χ3v) is 22.2. The van der Waals surface area contributed by atoms with Crippen molar-refractivity contribution in [3.05, 3.63) is 51.1 Å². The van der Waals surface area contributed by atoms with Crippen molar-refractivity contribution in [2.24, 2.45) is 0 Å². The van der Waals surface area contributed by atoms with Gasteiger partial charge in [0.2, 0.25) is 0 Å². The maximum atomic E-state index is 11.2. The third-order valence-electron chi connectivity index (χ3n) is 8.76. The fourth-order valence-corrected chi connectivity index (χ4v) is 17.5. The van der Waals surface area contributed by atoms with E-state index in [4.69, 9.17) is 0 Å². The Morgan fingerprint density at radius 2 is 0.907 bits per heavy atom. The van der Waals surface area contributed by atoms with Crippen molar-refractivity contribution in [2.45, 2.75) is 136 Å². The Morgan fingerprint density at radius 3 is 1.21 bits per heavy atom. The van der Waals surface area contributed by atoms with Crippen LogP contribution in [0, 0.1) is 56.3 Å². The number of nitrogens with zero attached hydrogens (tertiary/aromatic N) is 1. The first-order chi connectivity index (χ1) is 19.7. The second-order valence-corrected chi connectivity index (χ2v) is 30.5. The lowest BCUT2D eigenvalue weighted by Crippen LogP contribution is -2.43. The molecule has 232 valence electrons. The topological polar surface area (TPSA) is 43.1 Å². The van der Waals surface area contributed by atoms with Gasteiger partial charge in [-0.05, 0) is 45.4 Å². The van der Waals surface area contributed by atoms with Gasteiger partial charge in [-0.1, -0.05) is 132 Å². The number of hydrogen-bond donors (Lipinski definition) is 0. The summed E-state index contributed by atoms with van der Waals surface area (Å²) in [7, 11) is -5.81. The number of non-ortho nitro benzene ring substituents is 1. The molecule has 43 heavy (non-hydrogen) atoms. The van der Waals surface area contributed by atoms with Crippen LogP contribution >= 0.6 is 0 Å². The van der Waals surface area contributed by atoms with Crippen LogP contribution in [-0.2, 0) is 0 Å². The number of allylic oxidation sites excluding steroid dienone is 2. The minimum Gasteiger partial charge on any atom is -0.258 e. The number of benzene rings is 1. The molecule has 0 unspecified atom stereocenters. The lowest BCUT2D eigenvalue weighted by atomic mass is 10.1. The van der Waals surface area contributed by atoms with E-state index in [0.29, 0.717) is 44.4 Å². The Balaban J connectivity index is 4.31. The van der Waals surface area contributed by atoms with Crippen LogP contribution < -0.4 is 0 Å². The SMILES string of the molecule is CC(C)[Si](C#C/C(C#Cc1ccc([N+](=O)[O-])cc1)=C(\C#C[Si](C)(C)C)C#C[Si](C(C)C)(C(C)C)C(C)C)(C(C)C)C(C)C. The molecule has 0 saturated carbocycles. The minimum atomic E-state index is -2.05. The lowest BCUT2D eigenvalue weighted by Gasteiger charge is -2.38. The highest BCUT2D eigenvalue weighted by Crippen LogP contribution is 2.42. The van der Waals surface area contributed by atoms with Crippen LogP contribution in [0.5, 0.6) is 0 Å². The summed E-state index contributed by atoms with van der Waals surface area (Å²) in [6, 6.07) is 6.37. The Labute approximate surface area is 267 Å². The van der Waals surface area contributed by atoms with E-state index in [-0.39, 0.29) is 5.69 Å². The largest absolute Gasteiger partial charge is 0.269 e. The molecule has 0 atom stereocenters. The highest BCUT2D eigenvalue weighted by Gasteiger charge is 2.42. The highest BCUT2D eigenvalue weighted by atomic mass is 28.3. The molecular weight excluding hydrogens is 575 g/mol. The average Bonchev–Trinajstić information content (AvgIpc) is 2.86. The molecule has 1 aromatic carbocycles. The number of nitro benzene ring substituents is 1. The van der Waals surface area contributed by atoms with Crippen LogP contribution in [0.15, 0.2) is 35.4 Å². The van der Waals surface area contributed by atoms with Crippen molar-refractivity contribution in [2.75, 3.05) is 0 Å². The van der Waals surface area contributed by atoms with E-state index < -0.39 is 29.1 Å². The van der Waals surface area contributed by atoms with Gasteiger partial charge in [-0.2, -0.15) is 0 Å². The van der Waals surface area contributed by atoms with Crippen molar-refractivity contribution < 1.29 is 4.92 Å². The van der Waals surface area contributed by atoms with Crippen LogP contribution in [0.25, 0.3) is 0 Å². The van der Waals surface area contributed by atoms with E-state index in [1.807, 2.05) is 0 Å². The molecular formula is C37H55NO2Si3. The molecule has 1 rings (SSSR count). The number of nitro groups is 1. The molecule has 6 heteroatoms. The zero-order valence-electron chi connectivity index (χ0n) is 29.5. The van der Waals surface area contributed by atoms with Gasteiger partial charge in [-0.3, -0.25) is 10.1 Å². The van der Waals surface area contributed by atoms with Crippen molar-refractivity contribution in [1.82, 2.24) is 0 Å². The Morgan fingerprint density at radius 1 is 0.581 bits per heavy atom. The molecule has 0 aromatic heterocycles. The van der Waals surface area contributed by atoms with Crippen LogP contribution in [-0.4, -0.2) is 29.1 Å². The minimum absolute atomic E-state index is 0.0487. The zero-order chi connectivity index (χ0) is 33.3. The quantitative estimate of drug-likeness (QED) is 0.130. The summed E-state index contributed by atoms with van der Waals surface area (Å²) < 4.78 is 0. The third kappa shape index (κ3) is 9.88. The summed E-state index contributed by atoms with van der Waals surface area (Å²) in [5, 5.41) is 11.2. The van der Waals surface area contributed by atoms with Crippen molar-refractivity contribution in [3.8, 4) is 46.2 Å². The summed E-state index contributed by atoms with van der Waals surface area (Å²) in [6.07, 6.45) is 0. The number of hydrogen-bond acceptors (Lipinski definition) is 2. The molecule has 0 heterocycles. The first-order valence-corrected chi connectivity index (χ1v) is 23.8. The maximum Gasteiger partial charge on any atom is 0.269 e. The molecule has 0 aliphatic heterocycles. The summed E-state index contributed by atoms with van der Waals surface area (Å²) in [4.78, 5) is 10.8. The second kappa shape index (κ2) is 15.8. The predicted octanol–water partition coefficient (Wildman–Crippen LogP) is 10.6. The first-order valence-electron chi connectivity index (χ1n) is 15.8. The van der Waals surface area contributed by atoms with Gasteiger partial charge in [-0.15, -0.1) is 16.6 Å². The van der Waals surface area contributed by atoms with E-state index in [1.165, 1.54) is 12.1 Å². The van der Waals surface area contributed by atoms with Gasteiger partial charge in [0.1, 0.15) is 24.2 Å². The average molecular weight is 630 g/mol. The molecule has 0 bridgehead atoms. The Kier molecular flexibility index (Phi) is 14.1. The highest BCUT2D eigenvalue weighted by molar-refractivity contribution is 6.91. The molecule has 0 fully saturated rings. The van der Waals surface area contributed by atoms with Gasteiger partial charge in [0.25, 0.3) is 5.69 Å². The second-order valence-electron chi connectivity index (χ2n) is 14.6.